The van der Waals surface area contributed by atoms with Crippen molar-refractivity contribution < 1.29 is 34.7 Å². The number of aliphatic hydroxyl groups is 4. The average molecular weight is 328 g/mol. The molecule has 0 saturated carbocycles. The van der Waals surface area contributed by atoms with Crippen LogP contribution in [-0.2, 0) is 14.3 Å². The van der Waals surface area contributed by atoms with Crippen LogP contribution < -0.4 is 0 Å². The third-order valence-electron chi connectivity index (χ3n) is 4.34. The van der Waals surface area contributed by atoms with E-state index < -0.39 is 48.7 Å². The number of rotatable bonds is 3. The fraction of sp³-hybridized carbons (Fsp3) is 0.688. The van der Waals surface area contributed by atoms with Gasteiger partial charge in [-0.15, -0.1) is 0 Å². The summed E-state index contributed by atoms with van der Waals surface area (Å²) in [6.07, 6.45) is -2.76. The summed E-state index contributed by atoms with van der Waals surface area (Å²) in [6, 6.07) is 0. The molecule has 2 rings (SSSR count). The Morgan fingerprint density at radius 2 is 1.96 bits per heavy atom. The maximum absolute atomic E-state index is 12.5. The van der Waals surface area contributed by atoms with Gasteiger partial charge in [0, 0.05) is 11.0 Å². The van der Waals surface area contributed by atoms with Gasteiger partial charge >= 0.3 is 5.97 Å². The van der Waals surface area contributed by atoms with E-state index in [2.05, 4.69) is 0 Å². The van der Waals surface area contributed by atoms with Crippen molar-refractivity contribution in [1.29, 1.82) is 0 Å². The zero-order valence-corrected chi connectivity index (χ0v) is 13.5. The standard InChI is InChI=1S/C16H24O7/c1-8-5-4-6-16(2,3)10(8)14(21)23-15-13(20)12(19)11(18)9(7-17)22-15/h4-5,9,11-13,15,17-20H,6-7H2,1-3H3. The second-order valence-corrected chi connectivity index (χ2v) is 6.65. The van der Waals surface area contributed by atoms with Crippen LogP contribution in [0.4, 0.5) is 0 Å². The maximum atomic E-state index is 12.5. The van der Waals surface area contributed by atoms with Gasteiger partial charge in [-0.1, -0.05) is 26.0 Å². The fourth-order valence-corrected chi connectivity index (χ4v) is 3.02. The van der Waals surface area contributed by atoms with Crippen molar-refractivity contribution in [2.24, 2.45) is 5.41 Å². The molecule has 5 atom stereocenters. The van der Waals surface area contributed by atoms with Crippen molar-refractivity contribution in [2.75, 3.05) is 6.61 Å². The summed E-state index contributed by atoms with van der Waals surface area (Å²) >= 11 is 0. The highest BCUT2D eigenvalue weighted by Gasteiger charge is 2.46. The van der Waals surface area contributed by atoms with Gasteiger partial charge in [0.2, 0.25) is 6.29 Å². The number of hydrogen-bond acceptors (Lipinski definition) is 7. The third-order valence-corrected chi connectivity index (χ3v) is 4.34. The smallest absolute Gasteiger partial charge is 0.337 e. The van der Waals surface area contributed by atoms with Crippen molar-refractivity contribution in [3.8, 4) is 0 Å². The van der Waals surface area contributed by atoms with Gasteiger partial charge in [-0.2, -0.15) is 0 Å². The Balaban J connectivity index is 2.17. The summed E-state index contributed by atoms with van der Waals surface area (Å²) < 4.78 is 10.4. The summed E-state index contributed by atoms with van der Waals surface area (Å²) in [5.74, 6) is -0.652. The monoisotopic (exact) mass is 328 g/mol. The number of carbonyl (C=O) groups is 1. The summed E-state index contributed by atoms with van der Waals surface area (Å²) in [7, 11) is 0. The molecule has 5 unspecified atom stereocenters. The van der Waals surface area contributed by atoms with Crippen molar-refractivity contribution in [3.05, 3.63) is 23.3 Å². The molecule has 130 valence electrons. The molecule has 1 saturated heterocycles. The minimum atomic E-state index is -1.60. The Hall–Kier alpha value is -1.25. The van der Waals surface area contributed by atoms with Crippen LogP contribution in [0.2, 0.25) is 0 Å². The highest BCUT2D eigenvalue weighted by atomic mass is 16.7. The molecule has 0 bridgehead atoms. The summed E-state index contributed by atoms with van der Waals surface area (Å²) in [4.78, 5) is 12.5. The molecule has 1 heterocycles. The average Bonchev–Trinajstić information content (AvgIpc) is 2.46. The molecular formula is C16H24O7. The zero-order valence-electron chi connectivity index (χ0n) is 13.5. The van der Waals surface area contributed by atoms with Crippen LogP contribution in [0.15, 0.2) is 23.3 Å². The lowest BCUT2D eigenvalue weighted by atomic mass is 9.76. The van der Waals surface area contributed by atoms with Gasteiger partial charge in [0.1, 0.15) is 24.4 Å². The molecule has 0 aromatic rings. The Morgan fingerprint density at radius 1 is 1.30 bits per heavy atom. The number of hydrogen-bond donors (Lipinski definition) is 4. The molecule has 2 aliphatic rings. The van der Waals surface area contributed by atoms with E-state index in [1.54, 1.807) is 6.92 Å². The first kappa shape index (κ1) is 18.1. The highest BCUT2D eigenvalue weighted by molar-refractivity contribution is 5.91. The number of ether oxygens (including phenoxy) is 2. The SMILES string of the molecule is CC1=C(C(=O)OC2OC(CO)C(O)C(O)C2O)C(C)(C)CC=C1. The van der Waals surface area contributed by atoms with Crippen LogP contribution in [0, 0.1) is 5.41 Å². The number of carbonyl (C=O) groups excluding carboxylic acids is 1. The van der Waals surface area contributed by atoms with Crippen molar-refractivity contribution in [3.63, 3.8) is 0 Å². The van der Waals surface area contributed by atoms with Crippen LogP contribution >= 0.6 is 0 Å². The van der Waals surface area contributed by atoms with Crippen LogP contribution in [-0.4, -0.2) is 63.7 Å². The number of esters is 1. The van der Waals surface area contributed by atoms with Crippen LogP contribution in [0.5, 0.6) is 0 Å². The van der Waals surface area contributed by atoms with Crippen LogP contribution in [0.1, 0.15) is 27.2 Å². The lowest BCUT2D eigenvalue weighted by molar-refractivity contribution is -0.291. The summed E-state index contributed by atoms with van der Waals surface area (Å²) in [5, 5.41) is 38.6. The third kappa shape index (κ3) is 3.49. The number of aliphatic hydroxyl groups excluding tert-OH is 4. The van der Waals surface area contributed by atoms with Gasteiger partial charge in [-0.25, -0.2) is 4.79 Å². The molecule has 1 aliphatic carbocycles. The minimum absolute atomic E-state index is 0.427. The summed E-state index contributed by atoms with van der Waals surface area (Å²) in [6.45, 7) is 5.03. The molecule has 1 aliphatic heterocycles. The topological polar surface area (TPSA) is 116 Å². The van der Waals surface area contributed by atoms with Gasteiger partial charge in [0.05, 0.1) is 6.61 Å². The Bertz CT molecular complexity index is 521. The van der Waals surface area contributed by atoms with Crippen molar-refractivity contribution in [1.82, 2.24) is 0 Å². The Labute approximate surface area is 134 Å². The molecule has 0 amide bonds. The minimum Gasteiger partial charge on any atom is -0.429 e. The molecule has 1 fully saturated rings. The largest absolute Gasteiger partial charge is 0.429 e. The first-order chi connectivity index (χ1) is 10.7. The fourth-order valence-electron chi connectivity index (χ4n) is 3.02. The second kappa shape index (κ2) is 6.70. The van der Waals surface area contributed by atoms with E-state index in [1.165, 1.54) is 0 Å². The van der Waals surface area contributed by atoms with E-state index in [9.17, 15) is 20.1 Å². The van der Waals surface area contributed by atoms with E-state index in [-0.39, 0.29) is 0 Å². The molecule has 0 aromatic heterocycles. The van der Waals surface area contributed by atoms with E-state index in [0.717, 1.165) is 5.57 Å². The maximum Gasteiger partial charge on any atom is 0.337 e. The Kier molecular flexibility index (Phi) is 5.27. The number of allylic oxidation sites excluding steroid dienone is 3. The van der Waals surface area contributed by atoms with Gasteiger partial charge in [-0.3, -0.25) is 0 Å². The molecule has 0 radical (unpaired) electrons. The van der Waals surface area contributed by atoms with E-state index in [4.69, 9.17) is 14.6 Å². The second-order valence-electron chi connectivity index (χ2n) is 6.65. The molecule has 0 aromatic carbocycles. The van der Waals surface area contributed by atoms with Crippen LogP contribution in [0.25, 0.3) is 0 Å². The lowest BCUT2D eigenvalue weighted by Gasteiger charge is -2.40. The van der Waals surface area contributed by atoms with Gasteiger partial charge in [0.25, 0.3) is 0 Å². The molecule has 7 nitrogen and oxygen atoms in total. The van der Waals surface area contributed by atoms with Gasteiger partial charge in [0.15, 0.2) is 0 Å². The molecule has 7 heteroatoms. The normalized spacial score (nSPS) is 36.9. The van der Waals surface area contributed by atoms with E-state index in [0.29, 0.717) is 12.0 Å². The molecule has 0 spiro atoms. The summed E-state index contributed by atoms with van der Waals surface area (Å²) in [5.41, 5.74) is 0.803. The molecule has 4 N–H and O–H groups in total. The van der Waals surface area contributed by atoms with Crippen molar-refractivity contribution in [2.45, 2.75) is 57.9 Å². The molecule has 23 heavy (non-hydrogen) atoms. The first-order valence-electron chi connectivity index (χ1n) is 7.58. The van der Waals surface area contributed by atoms with Gasteiger partial charge < -0.3 is 29.9 Å². The van der Waals surface area contributed by atoms with E-state index >= 15 is 0 Å². The predicted molar refractivity (Wildman–Crippen MR) is 80.1 cm³/mol. The van der Waals surface area contributed by atoms with Gasteiger partial charge in [-0.05, 0) is 18.9 Å². The quantitative estimate of drug-likeness (QED) is 0.522. The predicted octanol–water partition coefficient (Wildman–Crippen LogP) is -0.368. The zero-order chi connectivity index (χ0) is 17.4. The molecular weight excluding hydrogens is 304 g/mol. The van der Waals surface area contributed by atoms with Crippen LogP contribution in [0.3, 0.4) is 0 Å². The van der Waals surface area contributed by atoms with E-state index in [1.807, 2.05) is 26.0 Å². The first-order valence-corrected chi connectivity index (χ1v) is 7.58. The highest BCUT2D eigenvalue weighted by Crippen LogP contribution is 2.38. The Morgan fingerprint density at radius 3 is 2.52 bits per heavy atom. The lowest BCUT2D eigenvalue weighted by Crippen LogP contribution is -2.59. The van der Waals surface area contributed by atoms with Crippen molar-refractivity contribution >= 4 is 5.97 Å².